The van der Waals surface area contributed by atoms with Gasteiger partial charge in [-0.25, -0.2) is 0 Å². The van der Waals surface area contributed by atoms with Crippen LogP contribution in [0.4, 0.5) is 26.3 Å². The molecule has 1 atom stereocenters. The van der Waals surface area contributed by atoms with Crippen LogP contribution in [-0.4, -0.2) is 42.9 Å². The Morgan fingerprint density at radius 3 is 1.75 bits per heavy atom. The minimum absolute atomic E-state index is 0.101. The maximum Gasteiger partial charge on any atom is 0.404 e. The molecule has 0 aliphatic heterocycles. The fourth-order valence-electron chi connectivity index (χ4n) is 2.12. The first-order valence-electron chi connectivity index (χ1n) is 6.48. The van der Waals surface area contributed by atoms with E-state index in [4.69, 9.17) is 0 Å². The predicted octanol–water partition coefficient (Wildman–Crippen LogP) is 4.36. The summed E-state index contributed by atoms with van der Waals surface area (Å²) in [7, 11) is 0. The second-order valence-corrected chi connectivity index (χ2v) is 4.81. The molecule has 0 radical (unpaired) electrons. The third-order valence-electron chi connectivity index (χ3n) is 3.23. The molecule has 0 fully saturated rings. The van der Waals surface area contributed by atoms with Crippen LogP contribution in [0.3, 0.4) is 0 Å². The average Bonchev–Trinajstić information content (AvgIpc) is 2.24. The smallest absolute Gasteiger partial charge is 0.298 e. The molecule has 0 saturated heterocycles. The number of rotatable bonds is 6. The van der Waals surface area contributed by atoms with Gasteiger partial charge in [0.2, 0.25) is 0 Å². The van der Waals surface area contributed by atoms with Crippen molar-refractivity contribution in [3.63, 3.8) is 0 Å². The van der Waals surface area contributed by atoms with E-state index < -0.39 is 25.2 Å². The van der Waals surface area contributed by atoms with Gasteiger partial charge in [-0.1, -0.05) is 25.5 Å². The first-order chi connectivity index (χ1) is 8.93. The van der Waals surface area contributed by atoms with Crippen molar-refractivity contribution in [2.24, 2.45) is 0 Å². The summed E-state index contributed by atoms with van der Waals surface area (Å²) >= 11 is 0. The Bertz CT molecular complexity index is 305. The molecular formula is C12H20BF6N. The summed E-state index contributed by atoms with van der Waals surface area (Å²) < 4.78 is 74.7. The molecule has 0 amide bonds. The van der Waals surface area contributed by atoms with Crippen molar-refractivity contribution < 1.29 is 26.3 Å². The van der Waals surface area contributed by atoms with Gasteiger partial charge in [0, 0.05) is 6.04 Å². The minimum atomic E-state index is -5.27. The van der Waals surface area contributed by atoms with E-state index in [1.165, 1.54) is 13.0 Å². The van der Waals surface area contributed by atoms with Crippen molar-refractivity contribution in [1.82, 2.24) is 4.90 Å². The van der Waals surface area contributed by atoms with Crippen molar-refractivity contribution >= 4 is 6.71 Å². The molecular weight excluding hydrogens is 283 g/mol. The molecule has 0 aromatic rings. The monoisotopic (exact) mass is 303 g/mol. The van der Waals surface area contributed by atoms with Gasteiger partial charge in [-0.2, -0.15) is 26.3 Å². The Labute approximate surface area is 116 Å². The van der Waals surface area contributed by atoms with E-state index in [2.05, 4.69) is 0 Å². The van der Waals surface area contributed by atoms with Crippen molar-refractivity contribution in [3.05, 3.63) is 11.6 Å². The summed E-state index contributed by atoms with van der Waals surface area (Å²) in [5.74, 6) is 0. The Hall–Kier alpha value is -0.655. The highest BCUT2D eigenvalue weighted by atomic mass is 19.4. The molecule has 20 heavy (non-hydrogen) atoms. The van der Waals surface area contributed by atoms with Crippen LogP contribution < -0.4 is 0 Å². The number of allylic oxidation sites excluding steroid dienone is 1. The first-order valence-corrected chi connectivity index (χ1v) is 6.48. The predicted molar refractivity (Wildman–Crippen MR) is 68.8 cm³/mol. The van der Waals surface area contributed by atoms with Crippen molar-refractivity contribution in [2.75, 3.05) is 13.1 Å². The van der Waals surface area contributed by atoms with Gasteiger partial charge in [-0.05, 0) is 33.3 Å². The quantitative estimate of drug-likeness (QED) is 0.400. The molecule has 0 aromatic heterocycles. The van der Waals surface area contributed by atoms with Crippen LogP contribution in [0.15, 0.2) is 11.6 Å². The molecule has 1 unspecified atom stereocenters. The minimum Gasteiger partial charge on any atom is -0.298 e. The molecule has 0 spiro atoms. The SMILES string of the molecule is CCN(CC)C(C)/C=C(/C)CB(C(F)(F)F)C(F)(F)F. The van der Waals surface area contributed by atoms with Gasteiger partial charge in [0.05, 0.1) is 0 Å². The van der Waals surface area contributed by atoms with E-state index in [1.807, 2.05) is 18.7 Å². The number of halogens is 6. The lowest BCUT2D eigenvalue weighted by Gasteiger charge is -2.25. The number of likely N-dealkylation sites (N-methyl/N-ethyl adjacent to an activating group) is 1. The maximum absolute atomic E-state index is 12.4. The van der Waals surface area contributed by atoms with Gasteiger partial charge in [0.1, 0.15) is 0 Å². The highest BCUT2D eigenvalue weighted by molar-refractivity contribution is 6.63. The lowest BCUT2D eigenvalue weighted by atomic mass is 9.44. The largest absolute Gasteiger partial charge is 0.404 e. The third-order valence-corrected chi connectivity index (χ3v) is 3.23. The van der Waals surface area contributed by atoms with E-state index in [-0.39, 0.29) is 11.6 Å². The summed E-state index contributed by atoms with van der Waals surface area (Å²) in [5, 5.41) is 0. The lowest BCUT2D eigenvalue weighted by Crippen LogP contribution is -2.47. The van der Waals surface area contributed by atoms with Gasteiger partial charge >= 0.3 is 18.9 Å². The standard InChI is InChI=1S/C12H20BF6N/c1-5-20(6-2)10(4)7-9(3)8-13(11(14,15)16)12(17,18)19/h7,10H,5-6,8H2,1-4H3/b9-7-. The fourth-order valence-corrected chi connectivity index (χ4v) is 2.12. The highest BCUT2D eigenvalue weighted by Gasteiger charge is 2.60. The van der Waals surface area contributed by atoms with E-state index in [0.29, 0.717) is 13.1 Å². The number of hydrogen-bond acceptors (Lipinski definition) is 1. The van der Waals surface area contributed by atoms with Crippen LogP contribution >= 0.6 is 0 Å². The molecule has 8 heteroatoms. The second kappa shape index (κ2) is 7.38. The molecule has 0 aliphatic rings. The maximum atomic E-state index is 12.4. The Balaban J connectivity index is 4.98. The molecule has 0 aromatic carbocycles. The molecule has 118 valence electrons. The normalized spacial score (nSPS) is 15.7. The van der Waals surface area contributed by atoms with Gasteiger partial charge in [0.15, 0.2) is 0 Å². The topological polar surface area (TPSA) is 3.24 Å². The molecule has 0 rings (SSSR count). The van der Waals surface area contributed by atoms with Crippen molar-refractivity contribution in [1.29, 1.82) is 0 Å². The summed E-state index contributed by atoms with van der Waals surface area (Å²) in [6.45, 7) is 4.91. The van der Waals surface area contributed by atoms with E-state index in [0.717, 1.165) is 0 Å². The molecule has 0 bridgehead atoms. The molecule has 0 aliphatic carbocycles. The van der Waals surface area contributed by atoms with Crippen LogP contribution in [0.1, 0.15) is 27.7 Å². The van der Waals surface area contributed by atoms with Crippen LogP contribution in [0.2, 0.25) is 6.32 Å². The second-order valence-electron chi connectivity index (χ2n) is 4.81. The zero-order valence-corrected chi connectivity index (χ0v) is 12.1. The van der Waals surface area contributed by atoms with Gasteiger partial charge in [-0.15, -0.1) is 0 Å². The number of hydrogen-bond donors (Lipinski definition) is 0. The zero-order chi connectivity index (χ0) is 16.1. The van der Waals surface area contributed by atoms with E-state index >= 15 is 0 Å². The highest BCUT2D eigenvalue weighted by Crippen LogP contribution is 2.35. The average molecular weight is 303 g/mol. The van der Waals surface area contributed by atoms with E-state index in [1.54, 1.807) is 6.92 Å². The Kier molecular flexibility index (Phi) is 7.14. The summed E-state index contributed by atoms with van der Waals surface area (Å²) in [6.07, 6.45) is -10.1. The zero-order valence-electron chi connectivity index (χ0n) is 12.1. The van der Waals surface area contributed by atoms with Crippen molar-refractivity contribution in [2.45, 2.75) is 52.2 Å². The fraction of sp³-hybridized carbons (Fsp3) is 0.833. The lowest BCUT2D eigenvalue weighted by molar-refractivity contribution is -0.104. The molecule has 0 saturated carbocycles. The van der Waals surface area contributed by atoms with Crippen LogP contribution in [0.5, 0.6) is 0 Å². The summed E-state index contributed by atoms with van der Waals surface area (Å²) in [6, 6.07) is -0.188. The van der Waals surface area contributed by atoms with Gasteiger partial charge in [-0.3, -0.25) is 4.90 Å². The van der Waals surface area contributed by atoms with Crippen LogP contribution in [-0.2, 0) is 0 Å². The van der Waals surface area contributed by atoms with Gasteiger partial charge in [0.25, 0.3) is 0 Å². The number of alkyl halides is 6. The van der Waals surface area contributed by atoms with Gasteiger partial charge < -0.3 is 0 Å². The van der Waals surface area contributed by atoms with Crippen LogP contribution in [0.25, 0.3) is 0 Å². The molecule has 0 N–H and O–H groups in total. The Morgan fingerprint density at radius 2 is 1.45 bits per heavy atom. The molecule has 0 heterocycles. The Morgan fingerprint density at radius 1 is 1.05 bits per heavy atom. The van der Waals surface area contributed by atoms with E-state index in [9.17, 15) is 26.3 Å². The van der Waals surface area contributed by atoms with Crippen LogP contribution in [0, 0.1) is 0 Å². The molecule has 1 nitrogen and oxygen atoms in total. The summed E-state index contributed by atoms with van der Waals surface area (Å²) in [5.41, 5.74) is 0.101. The number of nitrogens with zero attached hydrogens (tertiary/aromatic N) is 1. The first kappa shape index (κ1) is 19.3. The van der Waals surface area contributed by atoms with Crippen molar-refractivity contribution in [3.8, 4) is 0 Å². The summed E-state index contributed by atoms with van der Waals surface area (Å²) in [4.78, 5) is 1.94. The third kappa shape index (κ3) is 6.20.